The van der Waals surface area contributed by atoms with E-state index in [9.17, 15) is 14.4 Å². The molecule has 0 saturated heterocycles. The van der Waals surface area contributed by atoms with E-state index in [4.69, 9.17) is 38.0 Å². The first kappa shape index (κ1) is 25.7. The zero-order chi connectivity index (χ0) is 24.4. The van der Waals surface area contributed by atoms with E-state index >= 15 is 0 Å². The van der Waals surface area contributed by atoms with Gasteiger partial charge < -0.3 is 19.5 Å². The molecule has 3 amide bonds. The molecule has 2 rings (SSSR count). The number of carbonyl (C=O) groups excluding carboxylic acids is 3. The minimum atomic E-state index is -0.569. The first-order valence-electron chi connectivity index (χ1n) is 9.53. The second-order valence-corrected chi connectivity index (χ2v) is 7.21. The average molecular weight is 495 g/mol. The van der Waals surface area contributed by atoms with Crippen molar-refractivity contribution >= 4 is 52.3 Å². The van der Waals surface area contributed by atoms with E-state index in [1.54, 1.807) is 24.3 Å². The van der Waals surface area contributed by atoms with Gasteiger partial charge in [0, 0.05) is 18.4 Å². The SMILES string of the molecule is COc1cc(C(=O)NC(=S)NNC(=O)CCC(=O)Nc2ccccc2Cl)cc(OC)c1OC. The van der Waals surface area contributed by atoms with Crippen LogP contribution in [-0.4, -0.2) is 44.2 Å². The lowest BCUT2D eigenvalue weighted by Gasteiger charge is -2.15. The van der Waals surface area contributed by atoms with Crippen LogP contribution in [0.5, 0.6) is 17.2 Å². The van der Waals surface area contributed by atoms with Crippen LogP contribution in [0.1, 0.15) is 23.2 Å². The van der Waals surface area contributed by atoms with Crippen LogP contribution in [0.2, 0.25) is 5.02 Å². The lowest BCUT2D eigenvalue weighted by atomic mass is 10.1. The van der Waals surface area contributed by atoms with Crippen LogP contribution in [0.3, 0.4) is 0 Å². The average Bonchev–Trinajstić information content (AvgIpc) is 2.81. The van der Waals surface area contributed by atoms with E-state index < -0.39 is 11.8 Å². The van der Waals surface area contributed by atoms with Gasteiger partial charge in [0.05, 0.1) is 32.0 Å². The Kier molecular flexibility index (Phi) is 9.70. The summed E-state index contributed by atoms with van der Waals surface area (Å²) in [7, 11) is 4.30. The van der Waals surface area contributed by atoms with Crippen LogP contribution in [0, 0.1) is 0 Å². The summed E-state index contributed by atoms with van der Waals surface area (Å²) in [5, 5.41) is 5.28. The molecule has 0 aromatic heterocycles. The number of rotatable bonds is 8. The molecule has 0 saturated carbocycles. The minimum Gasteiger partial charge on any atom is -0.493 e. The number of benzene rings is 2. The molecule has 10 nitrogen and oxygen atoms in total. The van der Waals surface area contributed by atoms with Gasteiger partial charge in [0.2, 0.25) is 17.6 Å². The normalized spacial score (nSPS) is 9.94. The van der Waals surface area contributed by atoms with Gasteiger partial charge in [0.1, 0.15) is 0 Å². The van der Waals surface area contributed by atoms with Crippen molar-refractivity contribution in [3.8, 4) is 17.2 Å². The van der Waals surface area contributed by atoms with Crippen molar-refractivity contribution in [2.75, 3.05) is 26.6 Å². The van der Waals surface area contributed by atoms with Crippen LogP contribution in [-0.2, 0) is 9.59 Å². The maximum atomic E-state index is 12.5. The highest BCUT2D eigenvalue weighted by Gasteiger charge is 2.18. The van der Waals surface area contributed by atoms with Crippen molar-refractivity contribution in [3.63, 3.8) is 0 Å². The summed E-state index contributed by atoms with van der Waals surface area (Å²) in [4.78, 5) is 36.4. The van der Waals surface area contributed by atoms with Crippen molar-refractivity contribution < 1.29 is 28.6 Å². The van der Waals surface area contributed by atoms with Crippen LogP contribution < -0.4 is 35.7 Å². The van der Waals surface area contributed by atoms with E-state index in [2.05, 4.69) is 21.5 Å². The van der Waals surface area contributed by atoms with Gasteiger partial charge in [0.25, 0.3) is 5.91 Å². The van der Waals surface area contributed by atoms with Gasteiger partial charge in [0.15, 0.2) is 16.6 Å². The Morgan fingerprint density at radius 3 is 2.09 bits per heavy atom. The van der Waals surface area contributed by atoms with E-state index in [0.29, 0.717) is 28.0 Å². The summed E-state index contributed by atoms with van der Waals surface area (Å²) in [6, 6.07) is 9.66. The molecule has 0 heterocycles. The number of halogens is 1. The van der Waals surface area contributed by atoms with Crippen LogP contribution in [0.25, 0.3) is 0 Å². The number of ether oxygens (including phenoxy) is 3. The van der Waals surface area contributed by atoms with Gasteiger partial charge in [-0.05, 0) is 36.5 Å². The topological polar surface area (TPSA) is 127 Å². The van der Waals surface area contributed by atoms with Crippen molar-refractivity contribution in [2.24, 2.45) is 0 Å². The fourth-order valence-corrected chi connectivity index (χ4v) is 2.94. The zero-order valence-corrected chi connectivity index (χ0v) is 19.7. The molecule has 0 aliphatic rings. The molecular formula is C21H23ClN4O6S. The van der Waals surface area contributed by atoms with Crippen molar-refractivity contribution in [1.29, 1.82) is 0 Å². The maximum absolute atomic E-state index is 12.5. The summed E-state index contributed by atoms with van der Waals surface area (Å²) in [6.45, 7) is 0. The lowest BCUT2D eigenvalue weighted by molar-refractivity contribution is -0.124. The number of carbonyl (C=O) groups is 3. The van der Waals surface area contributed by atoms with Crippen LogP contribution in [0.15, 0.2) is 36.4 Å². The quantitative estimate of drug-likeness (QED) is 0.325. The molecule has 0 spiro atoms. The van der Waals surface area contributed by atoms with Crippen molar-refractivity contribution in [2.45, 2.75) is 12.8 Å². The van der Waals surface area contributed by atoms with E-state index in [1.807, 2.05) is 0 Å². The van der Waals surface area contributed by atoms with E-state index in [0.717, 1.165) is 0 Å². The Morgan fingerprint density at radius 2 is 1.52 bits per heavy atom. The number of thiocarbonyl (C=S) groups is 1. The molecule has 4 N–H and O–H groups in total. The number of amides is 3. The summed E-state index contributed by atoms with van der Waals surface area (Å²) in [5.74, 6) is -0.526. The third-order valence-corrected chi connectivity index (χ3v) is 4.73. The van der Waals surface area contributed by atoms with Gasteiger partial charge in [-0.15, -0.1) is 0 Å². The molecule has 0 unspecified atom stereocenters. The zero-order valence-electron chi connectivity index (χ0n) is 18.1. The number of anilines is 1. The van der Waals surface area contributed by atoms with Crippen molar-refractivity contribution in [3.05, 3.63) is 47.0 Å². The predicted octanol–water partition coefficient (Wildman–Crippen LogP) is 2.42. The Morgan fingerprint density at radius 1 is 0.909 bits per heavy atom. The number of nitrogens with one attached hydrogen (secondary N) is 4. The van der Waals surface area contributed by atoms with Gasteiger partial charge in [-0.2, -0.15) is 0 Å². The molecule has 0 atom stereocenters. The summed E-state index contributed by atoms with van der Waals surface area (Å²) in [6.07, 6.45) is -0.198. The van der Waals surface area contributed by atoms with Gasteiger partial charge >= 0.3 is 0 Å². The Hall–Kier alpha value is -3.57. The summed E-state index contributed by atoms with van der Waals surface area (Å²) < 4.78 is 15.6. The van der Waals surface area contributed by atoms with E-state index in [1.165, 1.54) is 33.5 Å². The number of hydrogen-bond acceptors (Lipinski definition) is 7. The number of para-hydroxylation sites is 1. The molecule has 2 aromatic carbocycles. The molecular weight excluding hydrogens is 472 g/mol. The second-order valence-electron chi connectivity index (χ2n) is 6.40. The third kappa shape index (κ3) is 7.51. The predicted molar refractivity (Wildman–Crippen MR) is 127 cm³/mol. The molecule has 0 bridgehead atoms. The third-order valence-electron chi connectivity index (χ3n) is 4.20. The minimum absolute atomic E-state index is 0.0801. The highest BCUT2D eigenvalue weighted by Crippen LogP contribution is 2.38. The Bertz CT molecular complexity index is 1020. The molecule has 0 fully saturated rings. The lowest BCUT2D eigenvalue weighted by Crippen LogP contribution is -2.48. The fraction of sp³-hybridized carbons (Fsp3) is 0.238. The molecule has 176 valence electrons. The maximum Gasteiger partial charge on any atom is 0.257 e. The first-order chi connectivity index (χ1) is 15.8. The highest BCUT2D eigenvalue weighted by atomic mass is 35.5. The number of hydrazine groups is 1. The van der Waals surface area contributed by atoms with E-state index in [-0.39, 0.29) is 29.4 Å². The first-order valence-corrected chi connectivity index (χ1v) is 10.3. The Labute approximate surface area is 200 Å². The van der Waals surface area contributed by atoms with Gasteiger partial charge in [-0.25, -0.2) is 0 Å². The monoisotopic (exact) mass is 494 g/mol. The summed E-state index contributed by atoms with van der Waals surface area (Å²) in [5.41, 5.74) is 5.37. The largest absolute Gasteiger partial charge is 0.493 e. The molecule has 2 aromatic rings. The van der Waals surface area contributed by atoms with Gasteiger partial charge in [-0.1, -0.05) is 23.7 Å². The standard InChI is InChI=1S/C21H23ClN4O6S/c1-30-15-10-12(11-16(31-2)19(15)32-3)20(29)24-21(33)26-25-18(28)9-8-17(27)23-14-7-5-4-6-13(14)22/h4-7,10-11H,8-9H2,1-3H3,(H,23,27)(H,25,28)(H2,24,26,29,33). The van der Waals surface area contributed by atoms with Crippen LogP contribution >= 0.6 is 23.8 Å². The van der Waals surface area contributed by atoms with Crippen molar-refractivity contribution in [1.82, 2.24) is 16.2 Å². The Balaban J connectivity index is 1.82. The molecule has 0 radical (unpaired) electrons. The molecule has 33 heavy (non-hydrogen) atoms. The smallest absolute Gasteiger partial charge is 0.257 e. The molecule has 0 aliphatic carbocycles. The van der Waals surface area contributed by atoms with Gasteiger partial charge in [-0.3, -0.25) is 30.6 Å². The summed E-state index contributed by atoms with van der Waals surface area (Å²) >= 11 is 11.0. The van der Waals surface area contributed by atoms with Crippen LogP contribution in [0.4, 0.5) is 5.69 Å². The number of hydrogen-bond donors (Lipinski definition) is 4. The highest BCUT2D eigenvalue weighted by molar-refractivity contribution is 7.80. The molecule has 0 aliphatic heterocycles. The molecule has 12 heteroatoms. The number of methoxy groups -OCH3 is 3. The fourth-order valence-electron chi connectivity index (χ4n) is 2.61. The second kappa shape index (κ2) is 12.5.